The van der Waals surface area contributed by atoms with Crippen molar-refractivity contribution < 1.29 is 0 Å². The van der Waals surface area contributed by atoms with Gasteiger partial charge in [-0.05, 0) is 19.1 Å². The number of pyridine rings is 1. The predicted molar refractivity (Wildman–Crippen MR) is 58.8 cm³/mol. The number of anilines is 3. The number of aryl methyl sites for hydroxylation is 1. The molecule has 0 aliphatic carbocycles. The summed E-state index contributed by atoms with van der Waals surface area (Å²) in [6.07, 6.45) is 3.44. The third-order valence-electron chi connectivity index (χ3n) is 1.64. The molecule has 0 aromatic carbocycles. The van der Waals surface area contributed by atoms with Crippen LogP contribution in [0.5, 0.6) is 0 Å². The lowest BCUT2D eigenvalue weighted by atomic mass is 10.4. The average Bonchev–Trinajstić information content (AvgIpc) is 2.56. The second-order valence-corrected chi connectivity index (χ2v) is 4.11. The van der Waals surface area contributed by atoms with E-state index in [1.807, 2.05) is 19.2 Å². The summed E-state index contributed by atoms with van der Waals surface area (Å²) in [6.45, 7) is 2.01. The zero-order valence-corrected chi connectivity index (χ0v) is 8.51. The largest absolute Gasteiger partial charge is 0.397 e. The lowest BCUT2D eigenvalue weighted by Gasteiger charge is -2.00. The summed E-state index contributed by atoms with van der Waals surface area (Å²) in [5, 5.41) is 3.94. The van der Waals surface area contributed by atoms with Gasteiger partial charge in [-0.15, -0.1) is 11.3 Å². The SMILES string of the molecule is Cc1cnc(Nc2ccc(N)cn2)s1. The van der Waals surface area contributed by atoms with E-state index in [9.17, 15) is 0 Å². The molecule has 14 heavy (non-hydrogen) atoms. The van der Waals surface area contributed by atoms with Crippen molar-refractivity contribution in [2.24, 2.45) is 0 Å². The zero-order valence-electron chi connectivity index (χ0n) is 7.69. The molecule has 4 nitrogen and oxygen atoms in total. The van der Waals surface area contributed by atoms with E-state index in [1.54, 1.807) is 23.6 Å². The number of hydrogen-bond acceptors (Lipinski definition) is 5. The van der Waals surface area contributed by atoms with Gasteiger partial charge in [0.15, 0.2) is 5.13 Å². The Labute approximate surface area is 85.8 Å². The van der Waals surface area contributed by atoms with Gasteiger partial charge in [-0.2, -0.15) is 0 Å². The molecule has 0 amide bonds. The highest BCUT2D eigenvalue weighted by molar-refractivity contribution is 7.15. The highest BCUT2D eigenvalue weighted by atomic mass is 32.1. The van der Waals surface area contributed by atoms with Gasteiger partial charge in [0.25, 0.3) is 0 Å². The Hall–Kier alpha value is -1.62. The first-order chi connectivity index (χ1) is 6.74. The molecule has 0 spiro atoms. The fourth-order valence-electron chi connectivity index (χ4n) is 1.00. The number of nitrogen functional groups attached to an aromatic ring is 1. The number of nitrogens with zero attached hydrogens (tertiary/aromatic N) is 2. The molecule has 3 N–H and O–H groups in total. The molecule has 2 aromatic rings. The highest BCUT2D eigenvalue weighted by Gasteiger charge is 1.99. The Morgan fingerprint density at radius 3 is 2.71 bits per heavy atom. The van der Waals surface area contributed by atoms with Crippen LogP contribution in [-0.2, 0) is 0 Å². The minimum atomic E-state index is 0.658. The molecule has 72 valence electrons. The van der Waals surface area contributed by atoms with Gasteiger partial charge in [0, 0.05) is 11.1 Å². The summed E-state index contributed by atoms with van der Waals surface area (Å²) >= 11 is 1.59. The second-order valence-electron chi connectivity index (χ2n) is 2.88. The molecule has 0 aliphatic rings. The molecule has 2 heterocycles. The van der Waals surface area contributed by atoms with Crippen molar-refractivity contribution in [1.82, 2.24) is 9.97 Å². The maximum atomic E-state index is 5.52. The maximum absolute atomic E-state index is 5.52. The van der Waals surface area contributed by atoms with Crippen molar-refractivity contribution in [3.63, 3.8) is 0 Å². The Morgan fingerprint density at radius 1 is 1.29 bits per heavy atom. The zero-order chi connectivity index (χ0) is 9.97. The molecule has 0 saturated carbocycles. The first-order valence-electron chi connectivity index (χ1n) is 4.15. The molecular weight excluding hydrogens is 196 g/mol. The predicted octanol–water partition coefficient (Wildman–Crippen LogP) is 2.17. The molecule has 5 heteroatoms. The Kier molecular flexibility index (Phi) is 2.32. The summed E-state index contributed by atoms with van der Waals surface area (Å²) in [6, 6.07) is 3.63. The van der Waals surface area contributed by atoms with Crippen LogP contribution in [0.4, 0.5) is 16.6 Å². The summed E-state index contributed by atoms with van der Waals surface area (Å²) < 4.78 is 0. The van der Waals surface area contributed by atoms with Gasteiger partial charge >= 0.3 is 0 Å². The Morgan fingerprint density at radius 2 is 2.14 bits per heavy atom. The smallest absolute Gasteiger partial charge is 0.188 e. The maximum Gasteiger partial charge on any atom is 0.188 e. The molecule has 0 radical (unpaired) electrons. The molecule has 2 aromatic heterocycles. The van der Waals surface area contributed by atoms with Crippen LogP contribution < -0.4 is 11.1 Å². The number of nitrogens with two attached hydrogens (primary N) is 1. The molecule has 0 atom stereocenters. The second kappa shape index (κ2) is 3.63. The minimum Gasteiger partial charge on any atom is -0.397 e. The van der Waals surface area contributed by atoms with E-state index in [-0.39, 0.29) is 0 Å². The van der Waals surface area contributed by atoms with E-state index in [0.717, 1.165) is 10.9 Å². The van der Waals surface area contributed by atoms with Crippen molar-refractivity contribution in [2.75, 3.05) is 11.1 Å². The van der Waals surface area contributed by atoms with Crippen molar-refractivity contribution in [2.45, 2.75) is 6.92 Å². The number of hydrogen-bond donors (Lipinski definition) is 2. The summed E-state index contributed by atoms with van der Waals surface area (Å²) in [5.74, 6) is 0.758. The van der Waals surface area contributed by atoms with Gasteiger partial charge in [0.1, 0.15) is 5.82 Å². The average molecular weight is 206 g/mol. The molecule has 0 fully saturated rings. The third kappa shape index (κ3) is 2.00. The van der Waals surface area contributed by atoms with Gasteiger partial charge in [-0.25, -0.2) is 9.97 Å². The topological polar surface area (TPSA) is 63.8 Å². The van der Waals surface area contributed by atoms with Gasteiger partial charge < -0.3 is 11.1 Å². The summed E-state index contributed by atoms with van der Waals surface area (Å²) in [4.78, 5) is 9.45. The number of rotatable bonds is 2. The van der Waals surface area contributed by atoms with Gasteiger partial charge in [0.05, 0.1) is 11.9 Å². The highest BCUT2D eigenvalue weighted by Crippen LogP contribution is 2.20. The van der Waals surface area contributed by atoms with Crippen LogP contribution in [0.3, 0.4) is 0 Å². The summed E-state index contributed by atoms with van der Waals surface area (Å²) in [5.41, 5.74) is 6.18. The quantitative estimate of drug-likeness (QED) is 0.790. The van der Waals surface area contributed by atoms with Gasteiger partial charge in [-0.3, -0.25) is 0 Å². The van der Waals surface area contributed by atoms with Crippen molar-refractivity contribution in [3.8, 4) is 0 Å². The van der Waals surface area contributed by atoms with Gasteiger partial charge in [-0.1, -0.05) is 0 Å². The van der Waals surface area contributed by atoms with Crippen LogP contribution in [0.25, 0.3) is 0 Å². The molecular formula is C9H10N4S. The van der Waals surface area contributed by atoms with Crippen LogP contribution in [0.15, 0.2) is 24.5 Å². The fraction of sp³-hybridized carbons (Fsp3) is 0.111. The molecule has 0 bridgehead atoms. The molecule has 0 aliphatic heterocycles. The fourth-order valence-corrected chi connectivity index (χ4v) is 1.67. The van der Waals surface area contributed by atoms with Crippen LogP contribution in [0, 0.1) is 6.92 Å². The number of thiazole rings is 1. The van der Waals surface area contributed by atoms with Gasteiger partial charge in [0.2, 0.25) is 0 Å². The monoisotopic (exact) mass is 206 g/mol. The van der Waals surface area contributed by atoms with E-state index in [0.29, 0.717) is 5.69 Å². The van der Waals surface area contributed by atoms with Crippen LogP contribution in [-0.4, -0.2) is 9.97 Å². The van der Waals surface area contributed by atoms with E-state index < -0.39 is 0 Å². The number of nitrogens with one attached hydrogen (secondary N) is 1. The van der Waals surface area contributed by atoms with E-state index in [4.69, 9.17) is 5.73 Å². The summed E-state index contributed by atoms with van der Waals surface area (Å²) in [7, 11) is 0. The standard InChI is InChI=1S/C9H10N4S/c1-6-4-12-9(14-6)13-8-3-2-7(10)5-11-8/h2-5H,10H2,1H3,(H,11,12,13). The van der Waals surface area contributed by atoms with Crippen molar-refractivity contribution in [3.05, 3.63) is 29.4 Å². The first-order valence-corrected chi connectivity index (χ1v) is 4.97. The van der Waals surface area contributed by atoms with Crippen molar-refractivity contribution in [1.29, 1.82) is 0 Å². The number of aromatic nitrogens is 2. The Bertz CT molecular complexity index is 421. The first kappa shape index (κ1) is 8.96. The lowest BCUT2D eigenvalue weighted by molar-refractivity contribution is 1.29. The Balaban J connectivity index is 2.15. The van der Waals surface area contributed by atoms with E-state index >= 15 is 0 Å². The van der Waals surface area contributed by atoms with Crippen LogP contribution in [0.1, 0.15) is 4.88 Å². The van der Waals surface area contributed by atoms with Crippen LogP contribution >= 0.6 is 11.3 Å². The minimum absolute atomic E-state index is 0.658. The normalized spacial score (nSPS) is 10.1. The third-order valence-corrected chi connectivity index (χ3v) is 2.47. The van der Waals surface area contributed by atoms with E-state index in [1.165, 1.54) is 4.88 Å². The van der Waals surface area contributed by atoms with E-state index in [2.05, 4.69) is 15.3 Å². The lowest BCUT2D eigenvalue weighted by Crippen LogP contribution is -1.93. The molecule has 0 saturated heterocycles. The van der Waals surface area contributed by atoms with Crippen LogP contribution in [0.2, 0.25) is 0 Å². The van der Waals surface area contributed by atoms with Crippen molar-refractivity contribution >= 4 is 28.0 Å². The molecule has 2 rings (SSSR count). The molecule has 0 unspecified atom stereocenters.